The number of carbonyl (C=O) groups excluding carboxylic acids is 1. The zero-order valence-electron chi connectivity index (χ0n) is 9.56. The smallest absolute Gasteiger partial charge is 0.397 e. The van der Waals surface area contributed by atoms with Crippen molar-refractivity contribution in [3.8, 4) is 0 Å². The molecule has 0 bridgehead atoms. The van der Waals surface area contributed by atoms with Gasteiger partial charge in [-0.3, -0.25) is 4.79 Å². The van der Waals surface area contributed by atoms with E-state index < -0.39 is 41.0 Å². The predicted molar refractivity (Wildman–Crippen MR) is 53.6 cm³/mol. The van der Waals surface area contributed by atoms with E-state index in [9.17, 15) is 26.7 Å². The van der Waals surface area contributed by atoms with Crippen molar-refractivity contribution in [1.82, 2.24) is 0 Å². The quantitative estimate of drug-likeness (QED) is 0.481. The van der Waals surface area contributed by atoms with Gasteiger partial charge < -0.3 is 4.74 Å². The first-order chi connectivity index (χ1) is 8.83. The van der Waals surface area contributed by atoms with Crippen LogP contribution in [0.4, 0.5) is 22.0 Å². The third kappa shape index (κ3) is 2.54. The maximum Gasteiger partial charge on any atom is 0.431 e. The van der Waals surface area contributed by atoms with Gasteiger partial charge in [-0.15, -0.1) is 0 Å². The summed E-state index contributed by atoms with van der Waals surface area (Å²) < 4.78 is 69.7. The molecule has 0 atom stereocenters. The lowest BCUT2D eigenvalue weighted by Gasteiger charge is -2.26. The molecule has 0 amide bonds. The lowest BCUT2D eigenvalue weighted by atomic mass is 9.86. The summed E-state index contributed by atoms with van der Waals surface area (Å²) in [4.78, 5) is 11.3. The van der Waals surface area contributed by atoms with E-state index in [4.69, 9.17) is 0 Å². The van der Waals surface area contributed by atoms with Gasteiger partial charge in [-0.05, 0) is 25.0 Å². The zero-order valence-corrected chi connectivity index (χ0v) is 9.56. The Bertz CT molecular complexity index is 511. The lowest BCUT2D eigenvalue weighted by molar-refractivity contribution is -0.246. The summed E-state index contributed by atoms with van der Waals surface area (Å²) in [6.45, 7) is 0. The fourth-order valence-corrected chi connectivity index (χ4v) is 1.66. The first-order valence-electron chi connectivity index (χ1n) is 5.57. The average molecular weight is 280 g/mol. The van der Waals surface area contributed by atoms with Gasteiger partial charge in [0.05, 0.1) is 5.92 Å². The summed E-state index contributed by atoms with van der Waals surface area (Å²) in [6.07, 6.45) is -2.75. The zero-order chi connectivity index (χ0) is 14.2. The lowest BCUT2D eigenvalue weighted by Crippen LogP contribution is -2.31. The molecule has 1 aliphatic carbocycles. The molecule has 1 saturated carbocycles. The fraction of sp³-hybridized carbons (Fsp3) is 0.417. The van der Waals surface area contributed by atoms with Crippen LogP contribution in [0, 0.1) is 23.4 Å². The highest BCUT2D eigenvalue weighted by atomic mass is 19.3. The van der Waals surface area contributed by atoms with Crippen molar-refractivity contribution >= 4 is 5.97 Å². The molecular formula is C12H9F5O2. The van der Waals surface area contributed by atoms with E-state index in [1.165, 1.54) is 0 Å². The monoisotopic (exact) mass is 280 g/mol. The van der Waals surface area contributed by atoms with Crippen LogP contribution in [-0.4, -0.2) is 5.97 Å². The first-order valence-corrected chi connectivity index (χ1v) is 5.57. The summed E-state index contributed by atoms with van der Waals surface area (Å²) >= 11 is 0. The number of halogens is 5. The molecule has 0 saturated heterocycles. The Morgan fingerprint density at radius 3 is 2.32 bits per heavy atom. The molecule has 2 nitrogen and oxygen atoms in total. The highest BCUT2D eigenvalue weighted by Crippen LogP contribution is 2.36. The number of ether oxygens (including phenoxy) is 1. The number of hydrogen-bond acceptors (Lipinski definition) is 2. The Balaban J connectivity index is 2.23. The summed E-state index contributed by atoms with van der Waals surface area (Å²) in [6, 6.07) is 0.695. The standard InChI is InChI=1S/C12H9F5O2/c13-8-5-4-7(9(14)10(8)15)12(16,17)19-11(18)6-2-1-3-6/h4-6H,1-3H2. The number of hydrogen-bond donors (Lipinski definition) is 0. The van der Waals surface area contributed by atoms with Crippen molar-refractivity contribution < 1.29 is 31.5 Å². The number of esters is 1. The number of rotatable bonds is 3. The van der Waals surface area contributed by atoms with E-state index >= 15 is 0 Å². The van der Waals surface area contributed by atoms with Crippen molar-refractivity contribution in [3.63, 3.8) is 0 Å². The Kier molecular flexibility index (Phi) is 3.47. The minimum absolute atomic E-state index is 0.346. The molecule has 0 N–H and O–H groups in total. The van der Waals surface area contributed by atoms with Crippen molar-refractivity contribution in [2.75, 3.05) is 0 Å². The predicted octanol–water partition coefficient (Wildman–Crippen LogP) is 3.50. The number of carbonyl (C=O) groups is 1. The van der Waals surface area contributed by atoms with Gasteiger partial charge in [0.15, 0.2) is 17.5 Å². The second kappa shape index (κ2) is 4.79. The van der Waals surface area contributed by atoms with Gasteiger partial charge in [-0.25, -0.2) is 13.2 Å². The minimum atomic E-state index is -4.33. The Morgan fingerprint density at radius 1 is 1.16 bits per heavy atom. The molecule has 0 radical (unpaired) electrons. The molecule has 1 aliphatic rings. The largest absolute Gasteiger partial charge is 0.431 e. The maximum atomic E-state index is 13.5. The molecule has 0 heterocycles. The molecule has 7 heteroatoms. The second-order valence-electron chi connectivity index (χ2n) is 4.29. The van der Waals surface area contributed by atoms with Crippen molar-refractivity contribution in [1.29, 1.82) is 0 Å². The highest BCUT2D eigenvalue weighted by molar-refractivity contribution is 5.73. The van der Waals surface area contributed by atoms with Crippen LogP contribution in [0.25, 0.3) is 0 Å². The van der Waals surface area contributed by atoms with E-state index in [0.29, 0.717) is 25.0 Å². The Labute approximate surface area is 105 Å². The van der Waals surface area contributed by atoms with Crippen LogP contribution < -0.4 is 0 Å². The Morgan fingerprint density at radius 2 is 1.79 bits per heavy atom. The van der Waals surface area contributed by atoms with Crippen LogP contribution in [0.1, 0.15) is 24.8 Å². The van der Waals surface area contributed by atoms with E-state index in [1.807, 2.05) is 0 Å². The van der Waals surface area contributed by atoms with E-state index in [1.54, 1.807) is 0 Å². The van der Waals surface area contributed by atoms with Crippen LogP contribution in [0.2, 0.25) is 0 Å². The van der Waals surface area contributed by atoms with Gasteiger partial charge in [0, 0.05) is 0 Å². The molecule has 1 aromatic rings. The van der Waals surface area contributed by atoms with Crippen LogP contribution in [-0.2, 0) is 15.6 Å². The SMILES string of the molecule is O=C(OC(F)(F)c1ccc(F)c(F)c1F)C1CCC1. The molecular weight excluding hydrogens is 271 g/mol. The summed E-state index contributed by atoms with van der Waals surface area (Å²) in [5.41, 5.74) is -1.50. The normalized spacial score (nSPS) is 16.1. The van der Waals surface area contributed by atoms with E-state index in [0.717, 1.165) is 6.42 Å². The summed E-state index contributed by atoms with van der Waals surface area (Å²) in [5, 5.41) is 0. The number of alkyl halides is 2. The highest BCUT2D eigenvalue weighted by Gasteiger charge is 2.43. The molecule has 1 fully saturated rings. The van der Waals surface area contributed by atoms with Crippen molar-refractivity contribution in [3.05, 3.63) is 35.1 Å². The van der Waals surface area contributed by atoms with Gasteiger partial charge in [0.25, 0.3) is 0 Å². The fourth-order valence-electron chi connectivity index (χ4n) is 1.66. The third-order valence-electron chi connectivity index (χ3n) is 3.02. The maximum absolute atomic E-state index is 13.5. The summed E-state index contributed by atoms with van der Waals surface area (Å²) in [7, 11) is 0. The molecule has 104 valence electrons. The van der Waals surface area contributed by atoms with Gasteiger partial charge in [-0.2, -0.15) is 8.78 Å². The van der Waals surface area contributed by atoms with Gasteiger partial charge in [-0.1, -0.05) is 6.42 Å². The molecule has 0 aliphatic heterocycles. The van der Waals surface area contributed by atoms with Gasteiger partial charge in [0.1, 0.15) is 5.56 Å². The van der Waals surface area contributed by atoms with Gasteiger partial charge in [0.2, 0.25) is 0 Å². The molecule has 0 unspecified atom stereocenters. The van der Waals surface area contributed by atoms with Crippen molar-refractivity contribution in [2.45, 2.75) is 25.4 Å². The van der Waals surface area contributed by atoms with Crippen LogP contribution in [0.15, 0.2) is 12.1 Å². The third-order valence-corrected chi connectivity index (χ3v) is 3.02. The van der Waals surface area contributed by atoms with Gasteiger partial charge >= 0.3 is 12.1 Å². The first kappa shape index (κ1) is 13.8. The van der Waals surface area contributed by atoms with Crippen LogP contribution >= 0.6 is 0 Å². The van der Waals surface area contributed by atoms with Crippen LogP contribution in [0.5, 0.6) is 0 Å². The van der Waals surface area contributed by atoms with Crippen LogP contribution in [0.3, 0.4) is 0 Å². The topological polar surface area (TPSA) is 26.3 Å². The molecule has 1 aromatic carbocycles. The molecule has 2 rings (SSSR count). The molecule has 0 spiro atoms. The molecule has 19 heavy (non-hydrogen) atoms. The second-order valence-corrected chi connectivity index (χ2v) is 4.29. The number of benzene rings is 1. The Hall–Kier alpha value is -1.66. The minimum Gasteiger partial charge on any atom is -0.397 e. The van der Waals surface area contributed by atoms with E-state index in [2.05, 4.69) is 4.74 Å². The van der Waals surface area contributed by atoms with Crippen molar-refractivity contribution in [2.24, 2.45) is 5.92 Å². The molecule has 0 aromatic heterocycles. The van der Waals surface area contributed by atoms with E-state index in [-0.39, 0.29) is 0 Å². The average Bonchev–Trinajstić information content (AvgIpc) is 2.22. The summed E-state index contributed by atoms with van der Waals surface area (Å²) in [5.74, 6) is -7.50.